The van der Waals surface area contributed by atoms with Crippen molar-refractivity contribution in [2.24, 2.45) is 0 Å². The van der Waals surface area contributed by atoms with E-state index in [4.69, 9.17) is 28.2 Å². The normalized spacial score (nSPS) is 11.1. The highest BCUT2D eigenvalue weighted by molar-refractivity contribution is 6.30. The van der Waals surface area contributed by atoms with Gasteiger partial charge in [0.2, 0.25) is 0 Å². The molecule has 0 radical (unpaired) electrons. The van der Waals surface area contributed by atoms with Gasteiger partial charge in [-0.3, -0.25) is 0 Å². The smallest absolute Gasteiger partial charge is 0.377 e. The van der Waals surface area contributed by atoms with Crippen molar-refractivity contribution in [3.8, 4) is 11.3 Å². The number of benzene rings is 1. The first-order valence-electron chi connectivity index (χ1n) is 7.95. The Labute approximate surface area is 164 Å². The summed E-state index contributed by atoms with van der Waals surface area (Å²) in [5.41, 5.74) is 3.26. The molecule has 0 bridgehead atoms. The fourth-order valence-electron chi connectivity index (χ4n) is 2.77. The van der Waals surface area contributed by atoms with Gasteiger partial charge in [0.1, 0.15) is 12.0 Å². The van der Waals surface area contributed by atoms with Gasteiger partial charge in [-0.05, 0) is 24.3 Å². The minimum atomic E-state index is -0.590. The van der Waals surface area contributed by atoms with E-state index in [0.717, 1.165) is 22.6 Å². The first-order valence-corrected chi connectivity index (χ1v) is 8.71. The van der Waals surface area contributed by atoms with Crippen molar-refractivity contribution in [2.75, 3.05) is 7.11 Å². The molecule has 0 aliphatic rings. The van der Waals surface area contributed by atoms with Gasteiger partial charge in [-0.15, -0.1) is 5.10 Å². The fraction of sp³-hybridized carbons (Fsp3) is 0.111. The van der Waals surface area contributed by atoms with Crippen LogP contribution >= 0.6 is 23.2 Å². The van der Waals surface area contributed by atoms with Crippen molar-refractivity contribution in [3.05, 3.63) is 70.5 Å². The Kier molecular flexibility index (Phi) is 4.55. The van der Waals surface area contributed by atoms with Crippen LogP contribution in [0.25, 0.3) is 16.9 Å². The van der Waals surface area contributed by atoms with Crippen LogP contribution in [0.1, 0.15) is 16.3 Å². The van der Waals surface area contributed by atoms with Crippen molar-refractivity contribution in [1.29, 1.82) is 0 Å². The van der Waals surface area contributed by atoms with E-state index in [1.165, 1.54) is 13.4 Å². The predicted molar refractivity (Wildman–Crippen MR) is 101 cm³/mol. The number of methoxy groups -OCH3 is 1. The van der Waals surface area contributed by atoms with Gasteiger partial charge < -0.3 is 9.14 Å². The van der Waals surface area contributed by atoms with Crippen LogP contribution in [-0.4, -0.2) is 37.2 Å². The van der Waals surface area contributed by atoms with Gasteiger partial charge in [0.15, 0.2) is 0 Å². The first-order chi connectivity index (χ1) is 13.0. The lowest BCUT2D eigenvalue weighted by molar-refractivity contribution is 0.0586. The first kappa shape index (κ1) is 17.5. The van der Waals surface area contributed by atoms with Crippen LogP contribution in [-0.2, 0) is 11.3 Å². The minimum Gasteiger partial charge on any atom is -0.463 e. The Morgan fingerprint density at radius 1 is 1.11 bits per heavy atom. The van der Waals surface area contributed by atoms with Gasteiger partial charge >= 0.3 is 5.97 Å². The molecule has 0 N–H and O–H groups in total. The molecule has 0 aliphatic heterocycles. The molecule has 0 aliphatic carbocycles. The van der Waals surface area contributed by atoms with E-state index in [1.807, 2.05) is 34.7 Å². The largest absolute Gasteiger partial charge is 0.463 e. The van der Waals surface area contributed by atoms with Gasteiger partial charge in [0, 0.05) is 16.8 Å². The molecule has 0 atom stereocenters. The summed E-state index contributed by atoms with van der Waals surface area (Å²) >= 11 is 12.2. The second-order valence-electron chi connectivity index (χ2n) is 5.75. The lowest BCUT2D eigenvalue weighted by Gasteiger charge is -2.06. The summed E-state index contributed by atoms with van der Waals surface area (Å²) in [7, 11) is 1.29. The summed E-state index contributed by atoms with van der Waals surface area (Å²) in [6.45, 7) is 0.337. The van der Waals surface area contributed by atoms with Gasteiger partial charge in [0.25, 0.3) is 5.82 Å². The third-order valence-corrected chi connectivity index (χ3v) is 4.49. The van der Waals surface area contributed by atoms with E-state index in [9.17, 15) is 4.79 Å². The SMILES string of the molecule is COC(=O)c1ncn(Cc2c(-c3ccc(Cl)cc3)nc3ccc(Cl)cn23)n1. The lowest BCUT2D eigenvalue weighted by Crippen LogP contribution is -2.08. The molecule has 1 aromatic carbocycles. The van der Waals surface area contributed by atoms with Gasteiger partial charge in [0.05, 0.1) is 30.1 Å². The van der Waals surface area contributed by atoms with Crippen LogP contribution in [0, 0.1) is 0 Å². The van der Waals surface area contributed by atoms with Crippen LogP contribution in [0.2, 0.25) is 10.0 Å². The van der Waals surface area contributed by atoms with Gasteiger partial charge in [-0.1, -0.05) is 35.3 Å². The van der Waals surface area contributed by atoms with E-state index >= 15 is 0 Å². The summed E-state index contributed by atoms with van der Waals surface area (Å²) in [5, 5.41) is 5.40. The molecule has 136 valence electrons. The molecule has 27 heavy (non-hydrogen) atoms. The molecule has 0 saturated carbocycles. The number of nitrogens with zero attached hydrogens (tertiary/aromatic N) is 5. The standard InChI is InChI=1S/C18H13Cl2N5O2/c1-27-18(26)17-21-10-24(23-17)9-14-16(11-2-4-12(19)5-3-11)22-15-7-6-13(20)8-25(14)15/h2-8,10H,9H2,1H3. The Hall–Kier alpha value is -2.90. The molecule has 0 unspecified atom stereocenters. The van der Waals surface area contributed by atoms with E-state index in [1.54, 1.807) is 16.9 Å². The Bertz CT molecular complexity index is 1130. The number of esters is 1. The topological polar surface area (TPSA) is 74.3 Å². The Morgan fingerprint density at radius 2 is 1.85 bits per heavy atom. The van der Waals surface area contributed by atoms with Crippen molar-refractivity contribution in [2.45, 2.75) is 6.54 Å². The third kappa shape index (κ3) is 3.39. The highest BCUT2D eigenvalue weighted by atomic mass is 35.5. The number of carbonyl (C=O) groups excluding carboxylic acids is 1. The van der Waals surface area contributed by atoms with Crippen molar-refractivity contribution < 1.29 is 9.53 Å². The summed E-state index contributed by atoms with van der Waals surface area (Å²) in [4.78, 5) is 20.3. The van der Waals surface area contributed by atoms with Gasteiger partial charge in [-0.2, -0.15) is 0 Å². The molecule has 0 spiro atoms. The molecule has 0 saturated heterocycles. The fourth-order valence-corrected chi connectivity index (χ4v) is 3.05. The zero-order valence-corrected chi connectivity index (χ0v) is 15.6. The van der Waals surface area contributed by atoms with Crippen molar-refractivity contribution >= 4 is 34.8 Å². The quantitative estimate of drug-likeness (QED) is 0.487. The number of hydrogen-bond donors (Lipinski definition) is 0. The molecule has 3 heterocycles. The zero-order chi connectivity index (χ0) is 19.0. The molecule has 7 nitrogen and oxygen atoms in total. The van der Waals surface area contributed by atoms with Crippen LogP contribution in [0.3, 0.4) is 0 Å². The number of ether oxygens (including phenoxy) is 1. The molecule has 4 rings (SSSR count). The minimum absolute atomic E-state index is 0.00241. The molecule has 4 aromatic rings. The molecule has 3 aromatic heterocycles. The Balaban J connectivity index is 1.83. The maximum atomic E-state index is 11.6. The molecular formula is C18H13Cl2N5O2. The van der Waals surface area contributed by atoms with Gasteiger partial charge in [-0.25, -0.2) is 19.4 Å². The average molecular weight is 402 g/mol. The number of pyridine rings is 1. The second-order valence-corrected chi connectivity index (χ2v) is 6.62. The predicted octanol–water partition coefficient (Wildman–Crippen LogP) is 3.73. The molecule has 0 fully saturated rings. The number of halogens is 2. The van der Waals surface area contributed by atoms with Crippen LogP contribution in [0.5, 0.6) is 0 Å². The molecule has 9 heteroatoms. The van der Waals surface area contributed by atoms with Crippen molar-refractivity contribution in [1.82, 2.24) is 24.1 Å². The number of imidazole rings is 1. The highest BCUT2D eigenvalue weighted by Gasteiger charge is 2.17. The summed E-state index contributed by atoms with van der Waals surface area (Å²) in [5.74, 6) is -0.592. The number of aromatic nitrogens is 5. The maximum Gasteiger partial charge on any atom is 0.377 e. The van der Waals surface area contributed by atoms with E-state index in [0.29, 0.717) is 16.6 Å². The number of hydrogen-bond acceptors (Lipinski definition) is 5. The summed E-state index contributed by atoms with van der Waals surface area (Å²) < 4.78 is 8.10. The van der Waals surface area contributed by atoms with Crippen LogP contribution in [0.4, 0.5) is 0 Å². The number of carbonyl (C=O) groups is 1. The second kappa shape index (κ2) is 7.02. The van der Waals surface area contributed by atoms with Crippen LogP contribution < -0.4 is 0 Å². The average Bonchev–Trinajstić information content (AvgIpc) is 3.27. The van der Waals surface area contributed by atoms with E-state index in [-0.39, 0.29) is 5.82 Å². The number of rotatable bonds is 4. The molecular weight excluding hydrogens is 389 g/mol. The number of fused-ring (bicyclic) bond motifs is 1. The van der Waals surface area contributed by atoms with E-state index < -0.39 is 5.97 Å². The third-order valence-electron chi connectivity index (χ3n) is 4.02. The van der Waals surface area contributed by atoms with E-state index in [2.05, 4.69) is 14.8 Å². The monoisotopic (exact) mass is 401 g/mol. The lowest BCUT2D eigenvalue weighted by atomic mass is 10.1. The summed E-state index contributed by atoms with van der Waals surface area (Å²) in [6.07, 6.45) is 3.26. The molecule has 0 amide bonds. The summed E-state index contributed by atoms with van der Waals surface area (Å²) in [6, 6.07) is 11.0. The van der Waals surface area contributed by atoms with Crippen molar-refractivity contribution in [3.63, 3.8) is 0 Å². The Morgan fingerprint density at radius 3 is 2.59 bits per heavy atom. The maximum absolute atomic E-state index is 11.6. The highest BCUT2D eigenvalue weighted by Crippen LogP contribution is 2.27. The zero-order valence-electron chi connectivity index (χ0n) is 14.1. The van der Waals surface area contributed by atoms with Crippen LogP contribution in [0.15, 0.2) is 48.9 Å².